The van der Waals surface area contributed by atoms with Crippen molar-refractivity contribution >= 4 is 16.3 Å². The lowest BCUT2D eigenvalue weighted by Crippen LogP contribution is -1.93. The molecule has 2 heteroatoms. The van der Waals surface area contributed by atoms with Crippen LogP contribution >= 0.6 is 7.92 Å². The van der Waals surface area contributed by atoms with Gasteiger partial charge >= 0.3 is 0 Å². The Labute approximate surface area is 80.2 Å². The van der Waals surface area contributed by atoms with E-state index >= 15 is 0 Å². The van der Waals surface area contributed by atoms with Crippen molar-refractivity contribution in [3.05, 3.63) is 11.4 Å². The first kappa shape index (κ1) is 12.2. The molecule has 1 aliphatic rings. The Morgan fingerprint density at radius 3 is 2.33 bits per heavy atom. The fourth-order valence-corrected chi connectivity index (χ4v) is 3.86. The van der Waals surface area contributed by atoms with E-state index in [1.54, 1.807) is 0 Å². The maximum absolute atomic E-state index is 2.52. The molecule has 0 heterocycles. The van der Waals surface area contributed by atoms with Crippen LogP contribution in [0.25, 0.3) is 0 Å². The topological polar surface area (TPSA) is 0 Å². The van der Waals surface area contributed by atoms with E-state index in [0.29, 0.717) is 0 Å². The third-order valence-corrected chi connectivity index (χ3v) is 5.18. The summed E-state index contributed by atoms with van der Waals surface area (Å²) in [5.41, 5.74) is 0. The van der Waals surface area contributed by atoms with Gasteiger partial charge < -0.3 is 0 Å². The summed E-state index contributed by atoms with van der Waals surface area (Å²) in [6.07, 6.45) is 11.0. The van der Waals surface area contributed by atoms with Crippen molar-refractivity contribution in [3.63, 3.8) is 0 Å². The molecule has 0 N–H and O–H groups in total. The Balaban J connectivity index is 0.00000121. The van der Waals surface area contributed by atoms with E-state index in [1.807, 2.05) is 5.31 Å². The van der Waals surface area contributed by atoms with Crippen molar-refractivity contribution in [3.8, 4) is 0 Å². The van der Waals surface area contributed by atoms with Crippen LogP contribution in [0.4, 0.5) is 0 Å². The molecule has 0 amide bonds. The molecule has 0 unspecified atom stereocenters. The van der Waals surface area contributed by atoms with E-state index < -0.39 is 0 Å². The highest BCUT2D eigenvalue weighted by molar-refractivity contribution is 7.61. The molecule has 0 saturated heterocycles. The Hall–Kier alpha value is 0.235. The molecule has 0 nitrogen and oxygen atoms in total. The zero-order valence-electron chi connectivity index (χ0n) is 8.34. The van der Waals surface area contributed by atoms with Gasteiger partial charge in [-0.15, -0.1) is 0 Å². The molecule has 0 aromatic carbocycles. The van der Waals surface area contributed by atoms with Crippen molar-refractivity contribution in [2.24, 2.45) is 0 Å². The van der Waals surface area contributed by atoms with Gasteiger partial charge in [0.15, 0.2) is 0 Å². The van der Waals surface area contributed by atoms with Gasteiger partial charge in [-0.05, 0) is 38.0 Å². The third kappa shape index (κ3) is 3.31. The van der Waals surface area contributed by atoms with E-state index in [1.165, 1.54) is 38.0 Å². The Bertz CT molecular complexity index is 139. The van der Waals surface area contributed by atoms with Crippen LogP contribution in [0.15, 0.2) is 11.4 Å². The first-order valence-electron chi connectivity index (χ1n) is 4.82. The largest absolute Gasteiger partial charge is 0.0808 e. The molecule has 12 heavy (non-hydrogen) atoms. The maximum atomic E-state index is 2.52. The summed E-state index contributed by atoms with van der Waals surface area (Å²) in [5.74, 6) is 0. The fourth-order valence-electron chi connectivity index (χ4n) is 1.74. The van der Waals surface area contributed by atoms with Crippen molar-refractivity contribution in [2.75, 3.05) is 12.3 Å². The molecular weight excluding hydrogens is 162 g/mol. The van der Waals surface area contributed by atoms with Crippen LogP contribution in [-0.4, -0.2) is 20.7 Å². The van der Waals surface area contributed by atoms with Crippen LogP contribution in [0.3, 0.4) is 0 Å². The van der Waals surface area contributed by atoms with Crippen molar-refractivity contribution < 1.29 is 0 Å². The molecule has 0 aromatic heterocycles. The summed E-state index contributed by atoms with van der Waals surface area (Å²) in [7, 11) is 0.287. The third-order valence-electron chi connectivity index (χ3n) is 2.44. The van der Waals surface area contributed by atoms with E-state index in [2.05, 4.69) is 19.9 Å². The zero-order valence-corrected chi connectivity index (χ0v) is 9.24. The van der Waals surface area contributed by atoms with Crippen LogP contribution < -0.4 is 0 Å². The molecule has 0 spiro atoms. The summed E-state index contributed by atoms with van der Waals surface area (Å²) in [6.45, 7) is 4.68. The van der Waals surface area contributed by atoms with Crippen molar-refractivity contribution in [1.82, 2.24) is 0 Å². The Morgan fingerprint density at radius 2 is 1.92 bits per heavy atom. The summed E-state index contributed by atoms with van der Waals surface area (Å²) in [4.78, 5) is 0. The summed E-state index contributed by atoms with van der Waals surface area (Å²) in [5, 5.41) is 1.82. The number of allylic oxidation sites excluding steroid dienone is 2. The number of hydrogen-bond acceptors (Lipinski definition) is 0. The van der Waals surface area contributed by atoms with Gasteiger partial charge in [0.1, 0.15) is 0 Å². The molecule has 0 aromatic rings. The predicted molar refractivity (Wildman–Crippen MR) is 60.3 cm³/mol. The highest BCUT2D eigenvalue weighted by Gasteiger charge is 2.11. The standard InChI is InChI=1S/C10H19P.B/c1-3-11(4-2)10-8-6-5-7-9-10;/h8H,3-7,9H2,1-2H3;. The smallest absolute Gasteiger partial charge is 0 e. The van der Waals surface area contributed by atoms with Crippen LogP contribution in [0.5, 0.6) is 0 Å². The van der Waals surface area contributed by atoms with Gasteiger partial charge in [0.05, 0.1) is 0 Å². The van der Waals surface area contributed by atoms with Crippen molar-refractivity contribution in [2.45, 2.75) is 39.5 Å². The second-order valence-corrected chi connectivity index (χ2v) is 6.03. The van der Waals surface area contributed by atoms with Crippen LogP contribution in [-0.2, 0) is 0 Å². The SMILES string of the molecule is CCP(CC)C1=CCCCC1.[B]. The average molecular weight is 181 g/mol. The van der Waals surface area contributed by atoms with Gasteiger partial charge in [-0.3, -0.25) is 0 Å². The fraction of sp³-hybridized carbons (Fsp3) is 0.800. The lowest BCUT2D eigenvalue weighted by Gasteiger charge is -2.20. The first-order chi connectivity index (χ1) is 5.38. The van der Waals surface area contributed by atoms with Crippen molar-refractivity contribution in [1.29, 1.82) is 0 Å². The van der Waals surface area contributed by atoms with Gasteiger partial charge in [-0.25, -0.2) is 0 Å². The molecule has 67 valence electrons. The second kappa shape index (κ2) is 6.72. The van der Waals surface area contributed by atoms with Crippen LogP contribution in [0.2, 0.25) is 0 Å². The molecule has 0 atom stereocenters. The highest BCUT2D eigenvalue weighted by atomic mass is 31.1. The molecular formula is C10H19BP. The lowest BCUT2D eigenvalue weighted by atomic mass is 10.1. The van der Waals surface area contributed by atoms with E-state index in [0.717, 1.165) is 0 Å². The molecule has 0 saturated carbocycles. The van der Waals surface area contributed by atoms with Gasteiger partial charge in [-0.1, -0.05) is 33.2 Å². The minimum Gasteiger partial charge on any atom is -0.0808 e. The Kier molecular flexibility index (Phi) is 6.85. The first-order valence-corrected chi connectivity index (χ1v) is 6.53. The molecule has 0 bridgehead atoms. The lowest BCUT2D eigenvalue weighted by molar-refractivity contribution is 0.721. The maximum Gasteiger partial charge on any atom is 0 e. The quantitative estimate of drug-likeness (QED) is 0.461. The predicted octanol–water partition coefficient (Wildman–Crippen LogP) is 3.59. The second-order valence-electron chi connectivity index (χ2n) is 3.11. The average Bonchev–Trinajstić information content (AvgIpc) is 2.09. The normalized spacial score (nSPS) is 17.1. The molecule has 0 fully saturated rings. The Morgan fingerprint density at radius 1 is 1.25 bits per heavy atom. The van der Waals surface area contributed by atoms with Gasteiger partial charge in [-0.2, -0.15) is 0 Å². The minimum absolute atomic E-state index is 0. The van der Waals surface area contributed by atoms with Gasteiger partial charge in [0, 0.05) is 8.41 Å². The summed E-state index contributed by atoms with van der Waals surface area (Å²) < 4.78 is 0. The zero-order chi connectivity index (χ0) is 8.10. The molecule has 3 radical (unpaired) electrons. The molecule has 0 aliphatic heterocycles. The van der Waals surface area contributed by atoms with Gasteiger partial charge in [0.2, 0.25) is 0 Å². The van der Waals surface area contributed by atoms with Gasteiger partial charge in [0.25, 0.3) is 0 Å². The highest BCUT2D eigenvalue weighted by Crippen LogP contribution is 2.47. The number of rotatable bonds is 3. The van der Waals surface area contributed by atoms with Crippen LogP contribution in [0, 0.1) is 0 Å². The summed E-state index contributed by atoms with van der Waals surface area (Å²) >= 11 is 0. The minimum atomic E-state index is 0. The van der Waals surface area contributed by atoms with Crippen LogP contribution in [0.1, 0.15) is 39.5 Å². The molecule has 1 aliphatic carbocycles. The number of hydrogen-bond donors (Lipinski definition) is 0. The van der Waals surface area contributed by atoms with E-state index in [9.17, 15) is 0 Å². The van der Waals surface area contributed by atoms with E-state index in [4.69, 9.17) is 0 Å². The summed E-state index contributed by atoms with van der Waals surface area (Å²) in [6, 6.07) is 0. The molecule has 1 rings (SSSR count). The van der Waals surface area contributed by atoms with E-state index in [-0.39, 0.29) is 16.3 Å². The monoisotopic (exact) mass is 181 g/mol.